The highest BCUT2D eigenvalue weighted by atomic mass is 35.5. The van der Waals surface area contributed by atoms with Gasteiger partial charge in [-0.15, -0.1) is 0 Å². The van der Waals surface area contributed by atoms with Crippen LogP contribution >= 0.6 is 11.6 Å². The summed E-state index contributed by atoms with van der Waals surface area (Å²) in [6.45, 7) is 2.02. The Morgan fingerprint density at radius 2 is 1.86 bits per heavy atom. The van der Waals surface area contributed by atoms with E-state index in [1.54, 1.807) is 24.3 Å². The van der Waals surface area contributed by atoms with E-state index in [0.717, 1.165) is 22.1 Å². The lowest BCUT2D eigenvalue weighted by Gasteiger charge is -2.00. The highest BCUT2D eigenvalue weighted by molar-refractivity contribution is 6.30. The molecule has 0 saturated carbocycles. The standard InChI is InChI=1S/C14H16ClN3O3/c1-2-3-4-5-12(19)18-14(21)17(13(20)16-18)11-8-6-10(15)7-9-11/h6-9H,2-5H2,1H3,(H,16,20). The highest BCUT2D eigenvalue weighted by Gasteiger charge is 2.15. The second-order valence-corrected chi connectivity index (χ2v) is 5.13. The minimum absolute atomic E-state index is 0.230. The molecule has 2 aromatic rings. The fourth-order valence-corrected chi connectivity index (χ4v) is 2.13. The van der Waals surface area contributed by atoms with Crippen LogP contribution in [0.4, 0.5) is 0 Å². The number of halogens is 1. The van der Waals surface area contributed by atoms with Crippen molar-refractivity contribution >= 4 is 17.5 Å². The van der Waals surface area contributed by atoms with Crippen molar-refractivity contribution < 1.29 is 4.79 Å². The van der Waals surface area contributed by atoms with Crippen LogP contribution < -0.4 is 11.4 Å². The number of H-pyrrole nitrogens is 1. The summed E-state index contributed by atoms with van der Waals surface area (Å²) < 4.78 is 1.68. The summed E-state index contributed by atoms with van der Waals surface area (Å²) in [5, 5.41) is 2.78. The normalized spacial score (nSPS) is 10.8. The van der Waals surface area contributed by atoms with Gasteiger partial charge in [-0.2, -0.15) is 4.68 Å². The summed E-state index contributed by atoms with van der Waals surface area (Å²) in [7, 11) is 0. The zero-order valence-electron chi connectivity index (χ0n) is 11.6. The fraction of sp³-hybridized carbons (Fsp3) is 0.357. The number of carbonyl (C=O) groups excluding carboxylic acids is 1. The third-order valence-corrected chi connectivity index (χ3v) is 3.37. The lowest BCUT2D eigenvalue weighted by Crippen LogP contribution is -2.30. The summed E-state index contributed by atoms with van der Waals surface area (Å²) in [6.07, 6.45) is 2.80. The largest absolute Gasteiger partial charge is 0.358 e. The number of benzene rings is 1. The molecule has 0 atom stereocenters. The van der Waals surface area contributed by atoms with Gasteiger partial charge in [0.25, 0.3) is 0 Å². The number of carbonyl (C=O) groups is 1. The summed E-state index contributed by atoms with van der Waals surface area (Å²) in [5.74, 6) is -0.404. The molecule has 1 aromatic carbocycles. The lowest BCUT2D eigenvalue weighted by atomic mass is 10.2. The van der Waals surface area contributed by atoms with E-state index in [4.69, 9.17) is 11.6 Å². The Hall–Kier alpha value is -2.08. The molecule has 0 fully saturated rings. The Bertz CT molecular complexity index is 740. The molecular weight excluding hydrogens is 294 g/mol. The molecule has 7 heteroatoms. The Balaban J connectivity index is 2.34. The molecule has 0 radical (unpaired) electrons. The van der Waals surface area contributed by atoms with Crippen LogP contribution in [-0.2, 0) is 0 Å². The zero-order valence-corrected chi connectivity index (χ0v) is 12.4. The van der Waals surface area contributed by atoms with Crippen LogP contribution in [0.5, 0.6) is 0 Å². The van der Waals surface area contributed by atoms with Gasteiger partial charge in [0.1, 0.15) is 0 Å². The number of aromatic amines is 1. The zero-order chi connectivity index (χ0) is 15.4. The maximum atomic E-state index is 12.2. The molecule has 0 aliphatic rings. The van der Waals surface area contributed by atoms with Gasteiger partial charge in [0.15, 0.2) is 0 Å². The second kappa shape index (κ2) is 6.58. The number of nitrogens with one attached hydrogen (secondary N) is 1. The van der Waals surface area contributed by atoms with Gasteiger partial charge < -0.3 is 0 Å². The van der Waals surface area contributed by atoms with Gasteiger partial charge in [-0.1, -0.05) is 31.4 Å². The van der Waals surface area contributed by atoms with E-state index in [2.05, 4.69) is 5.10 Å². The molecule has 6 nitrogen and oxygen atoms in total. The van der Waals surface area contributed by atoms with Crippen LogP contribution in [0, 0.1) is 0 Å². The van der Waals surface area contributed by atoms with E-state index in [9.17, 15) is 14.4 Å². The molecule has 0 aliphatic heterocycles. The van der Waals surface area contributed by atoms with Crippen molar-refractivity contribution in [3.05, 3.63) is 50.3 Å². The Labute approximate surface area is 126 Å². The monoisotopic (exact) mass is 309 g/mol. The molecule has 0 aliphatic carbocycles. The predicted molar refractivity (Wildman–Crippen MR) is 80.4 cm³/mol. The van der Waals surface area contributed by atoms with Crippen LogP contribution in [0.1, 0.15) is 37.4 Å². The minimum atomic E-state index is -0.691. The first kappa shape index (κ1) is 15.3. The van der Waals surface area contributed by atoms with Crippen molar-refractivity contribution in [2.24, 2.45) is 0 Å². The quantitative estimate of drug-likeness (QED) is 0.860. The molecular formula is C14H16ClN3O3. The van der Waals surface area contributed by atoms with Crippen molar-refractivity contribution in [1.29, 1.82) is 0 Å². The maximum absolute atomic E-state index is 12.2. The topological polar surface area (TPSA) is 76.9 Å². The molecule has 21 heavy (non-hydrogen) atoms. The lowest BCUT2D eigenvalue weighted by molar-refractivity contribution is 0.0878. The number of aromatic nitrogens is 3. The van der Waals surface area contributed by atoms with Gasteiger partial charge >= 0.3 is 11.4 Å². The Morgan fingerprint density at radius 3 is 2.48 bits per heavy atom. The van der Waals surface area contributed by atoms with Gasteiger partial charge in [-0.25, -0.2) is 19.3 Å². The fourth-order valence-electron chi connectivity index (χ4n) is 2.01. The van der Waals surface area contributed by atoms with Gasteiger partial charge in [-0.3, -0.25) is 4.79 Å². The molecule has 112 valence electrons. The number of nitrogens with zero attached hydrogens (tertiary/aromatic N) is 2. The molecule has 0 spiro atoms. The van der Waals surface area contributed by atoms with E-state index >= 15 is 0 Å². The summed E-state index contributed by atoms with van der Waals surface area (Å²) in [6, 6.07) is 6.24. The molecule has 1 N–H and O–H groups in total. The van der Waals surface area contributed by atoms with Crippen molar-refractivity contribution in [1.82, 2.24) is 14.3 Å². The van der Waals surface area contributed by atoms with Gasteiger partial charge in [0, 0.05) is 11.4 Å². The van der Waals surface area contributed by atoms with Gasteiger partial charge in [-0.05, 0) is 30.7 Å². The van der Waals surface area contributed by atoms with Crippen molar-refractivity contribution in [2.75, 3.05) is 0 Å². The molecule has 0 unspecified atom stereocenters. The van der Waals surface area contributed by atoms with Gasteiger partial charge in [0.05, 0.1) is 5.69 Å². The number of hydrogen-bond donors (Lipinski definition) is 1. The third kappa shape index (κ3) is 3.33. The summed E-state index contributed by atoms with van der Waals surface area (Å²) in [5.41, 5.74) is -0.972. The van der Waals surface area contributed by atoms with Crippen LogP contribution in [-0.4, -0.2) is 20.3 Å². The first-order valence-corrected chi connectivity index (χ1v) is 7.15. The van der Waals surface area contributed by atoms with Crippen LogP contribution in [0.25, 0.3) is 5.69 Å². The Morgan fingerprint density at radius 1 is 1.19 bits per heavy atom. The maximum Gasteiger partial charge on any atom is 0.358 e. The minimum Gasteiger partial charge on any atom is -0.272 e. The van der Waals surface area contributed by atoms with Crippen LogP contribution in [0.2, 0.25) is 5.02 Å². The first-order chi connectivity index (χ1) is 10.0. The van der Waals surface area contributed by atoms with E-state index in [1.165, 1.54) is 0 Å². The molecule has 0 saturated heterocycles. The van der Waals surface area contributed by atoms with Gasteiger partial charge in [0.2, 0.25) is 5.91 Å². The van der Waals surface area contributed by atoms with Crippen molar-refractivity contribution in [3.63, 3.8) is 0 Å². The highest BCUT2D eigenvalue weighted by Crippen LogP contribution is 2.10. The average molecular weight is 310 g/mol. The smallest absolute Gasteiger partial charge is 0.272 e. The molecule has 0 amide bonds. The van der Waals surface area contributed by atoms with Crippen LogP contribution in [0.3, 0.4) is 0 Å². The number of unbranched alkanes of at least 4 members (excludes halogenated alkanes) is 2. The SMILES string of the molecule is CCCCCC(=O)n1[nH]c(=O)n(-c2ccc(Cl)cc2)c1=O. The van der Waals surface area contributed by atoms with Crippen molar-refractivity contribution in [2.45, 2.75) is 32.6 Å². The summed E-state index contributed by atoms with van der Waals surface area (Å²) in [4.78, 5) is 36.0. The van der Waals surface area contributed by atoms with E-state index in [-0.39, 0.29) is 6.42 Å². The molecule has 2 rings (SSSR count). The van der Waals surface area contributed by atoms with Crippen LogP contribution in [0.15, 0.2) is 33.9 Å². The summed E-state index contributed by atoms with van der Waals surface area (Å²) >= 11 is 5.77. The third-order valence-electron chi connectivity index (χ3n) is 3.12. The number of rotatable bonds is 5. The average Bonchev–Trinajstić information content (AvgIpc) is 2.76. The number of hydrogen-bond acceptors (Lipinski definition) is 3. The Kier molecular flexibility index (Phi) is 4.80. The first-order valence-electron chi connectivity index (χ1n) is 6.78. The van der Waals surface area contributed by atoms with E-state index in [1.807, 2.05) is 6.92 Å². The predicted octanol–water partition coefficient (Wildman–Crippen LogP) is 2.20. The van der Waals surface area contributed by atoms with E-state index < -0.39 is 17.3 Å². The molecule has 1 heterocycles. The van der Waals surface area contributed by atoms with Crippen molar-refractivity contribution in [3.8, 4) is 5.69 Å². The second-order valence-electron chi connectivity index (χ2n) is 4.70. The molecule has 1 aromatic heterocycles. The molecule has 0 bridgehead atoms. The van der Waals surface area contributed by atoms with E-state index in [0.29, 0.717) is 17.1 Å².